The second-order valence-corrected chi connectivity index (χ2v) is 4.10. The molecule has 7 heteroatoms. The number of nitrogens with two attached hydrogens (primary N) is 1. The molecular formula is C12H12N6O. The van der Waals surface area contributed by atoms with Crippen LogP contribution in [0.2, 0.25) is 0 Å². The van der Waals surface area contributed by atoms with E-state index >= 15 is 0 Å². The van der Waals surface area contributed by atoms with Gasteiger partial charge in [-0.05, 0) is 12.1 Å². The molecule has 0 atom stereocenters. The lowest BCUT2D eigenvalue weighted by Gasteiger charge is -2.07. The van der Waals surface area contributed by atoms with Gasteiger partial charge in [0.15, 0.2) is 11.2 Å². The first-order valence-electron chi connectivity index (χ1n) is 5.85. The summed E-state index contributed by atoms with van der Waals surface area (Å²) in [7, 11) is 0. The maximum absolute atomic E-state index is 12.2. The van der Waals surface area contributed by atoms with Gasteiger partial charge < -0.3 is 10.7 Å². The topological polar surface area (TPSA) is 102 Å². The predicted molar refractivity (Wildman–Crippen MR) is 70.5 cm³/mol. The molecule has 96 valence electrons. The molecule has 3 aromatic heterocycles. The van der Waals surface area contributed by atoms with Crippen molar-refractivity contribution >= 4 is 17.1 Å². The van der Waals surface area contributed by atoms with E-state index in [9.17, 15) is 4.79 Å². The number of rotatable bonds is 3. The van der Waals surface area contributed by atoms with Crippen LogP contribution in [0, 0.1) is 0 Å². The standard InChI is InChI=1S/C12H12N6O/c13-12-17-10-9(15-7-16-10)11(19)18(12)6-4-8-3-1-2-5-14-8/h1-3,5,7H,4,6H2,(H2,13,17)(H,15,16). The van der Waals surface area contributed by atoms with Crippen molar-refractivity contribution in [2.45, 2.75) is 13.0 Å². The number of anilines is 1. The summed E-state index contributed by atoms with van der Waals surface area (Å²) in [4.78, 5) is 27.2. The Labute approximate surface area is 108 Å². The van der Waals surface area contributed by atoms with Gasteiger partial charge in [0.05, 0.1) is 6.33 Å². The zero-order valence-electron chi connectivity index (χ0n) is 10.1. The lowest BCUT2D eigenvalue weighted by molar-refractivity contribution is 0.664. The number of imidazole rings is 1. The lowest BCUT2D eigenvalue weighted by Crippen LogP contribution is -2.25. The van der Waals surface area contributed by atoms with Crippen LogP contribution in [0.15, 0.2) is 35.5 Å². The fourth-order valence-electron chi connectivity index (χ4n) is 1.93. The maximum atomic E-state index is 12.2. The van der Waals surface area contributed by atoms with E-state index in [4.69, 9.17) is 5.73 Å². The Morgan fingerprint density at radius 3 is 3.00 bits per heavy atom. The normalized spacial score (nSPS) is 10.9. The van der Waals surface area contributed by atoms with Crippen LogP contribution < -0.4 is 11.3 Å². The van der Waals surface area contributed by atoms with Gasteiger partial charge in [-0.2, -0.15) is 4.98 Å². The zero-order valence-corrected chi connectivity index (χ0v) is 10.1. The highest BCUT2D eigenvalue weighted by atomic mass is 16.1. The van der Waals surface area contributed by atoms with Gasteiger partial charge in [0.25, 0.3) is 5.56 Å². The number of pyridine rings is 1. The average Bonchev–Trinajstić information content (AvgIpc) is 2.88. The maximum Gasteiger partial charge on any atom is 0.280 e. The molecule has 0 fully saturated rings. The number of nitrogens with zero attached hydrogens (tertiary/aromatic N) is 4. The highest BCUT2D eigenvalue weighted by molar-refractivity contribution is 5.69. The fourth-order valence-corrected chi connectivity index (χ4v) is 1.93. The Kier molecular flexibility index (Phi) is 2.71. The minimum Gasteiger partial charge on any atom is -0.369 e. The number of fused-ring (bicyclic) bond motifs is 1. The van der Waals surface area contributed by atoms with Crippen LogP contribution in [-0.4, -0.2) is 24.5 Å². The van der Waals surface area contributed by atoms with E-state index in [-0.39, 0.29) is 11.5 Å². The van der Waals surface area contributed by atoms with Crippen molar-refractivity contribution in [1.29, 1.82) is 0 Å². The number of aromatic amines is 1. The molecule has 0 unspecified atom stereocenters. The van der Waals surface area contributed by atoms with Crippen LogP contribution in [0.3, 0.4) is 0 Å². The summed E-state index contributed by atoms with van der Waals surface area (Å²) in [5, 5.41) is 0. The smallest absolute Gasteiger partial charge is 0.280 e. The largest absolute Gasteiger partial charge is 0.369 e. The summed E-state index contributed by atoms with van der Waals surface area (Å²) >= 11 is 0. The minimum atomic E-state index is -0.212. The molecule has 0 bridgehead atoms. The summed E-state index contributed by atoms with van der Waals surface area (Å²) in [5.41, 5.74) is 7.19. The molecular weight excluding hydrogens is 244 g/mol. The molecule has 7 nitrogen and oxygen atoms in total. The van der Waals surface area contributed by atoms with Crippen molar-refractivity contribution in [3.8, 4) is 0 Å². The van der Waals surface area contributed by atoms with Gasteiger partial charge in [-0.1, -0.05) is 6.07 Å². The molecule has 0 aliphatic heterocycles. The van der Waals surface area contributed by atoms with Crippen molar-refractivity contribution in [1.82, 2.24) is 24.5 Å². The van der Waals surface area contributed by atoms with Crippen LogP contribution in [0.5, 0.6) is 0 Å². The molecule has 0 amide bonds. The van der Waals surface area contributed by atoms with E-state index in [1.807, 2.05) is 18.2 Å². The first-order valence-corrected chi connectivity index (χ1v) is 5.85. The highest BCUT2D eigenvalue weighted by Gasteiger charge is 2.10. The molecule has 19 heavy (non-hydrogen) atoms. The van der Waals surface area contributed by atoms with Gasteiger partial charge >= 0.3 is 0 Å². The number of hydrogen-bond donors (Lipinski definition) is 2. The summed E-state index contributed by atoms with van der Waals surface area (Å²) in [5.74, 6) is 0.167. The predicted octanol–water partition coefficient (Wildman–Crippen LogP) is 0.339. The van der Waals surface area contributed by atoms with Crippen LogP contribution >= 0.6 is 0 Å². The van der Waals surface area contributed by atoms with Crippen molar-refractivity contribution in [2.24, 2.45) is 0 Å². The molecule has 3 aromatic rings. The highest BCUT2D eigenvalue weighted by Crippen LogP contribution is 2.05. The van der Waals surface area contributed by atoms with Gasteiger partial charge in [-0.25, -0.2) is 4.98 Å². The van der Waals surface area contributed by atoms with Crippen molar-refractivity contribution in [3.63, 3.8) is 0 Å². The van der Waals surface area contributed by atoms with E-state index in [1.165, 1.54) is 10.9 Å². The zero-order chi connectivity index (χ0) is 13.2. The van der Waals surface area contributed by atoms with Crippen LogP contribution in [-0.2, 0) is 13.0 Å². The molecule has 3 heterocycles. The number of aromatic nitrogens is 5. The molecule has 0 radical (unpaired) electrons. The van der Waals surface area contributed by atoms with Gasteiger partial charge in [0.2, 0.25) is 5.95 Å². The van der Waals surface area contributed by atoms with E-state index < -0.39 is 0 Å². The Balaban J connectivity index is 1.94. The second kappa shape index (κ2) is 4.52. The number of aryl methyl sites for hydroxylation is 1. The Morgan fingerprint density at radius 2 is 2.21 bits per heavy atom. The third-order valence-corrected chi connectivity index (χ3v) is 2.89. The van der Waals surface area contributed by atoms with Gasteiger partial charge in [-0.3, -0.25) is 14.3 Å². The number of nitrogens with one attached hydrogen (secondary N) is 1. The Bertz CT molecular complexity index is 761. The molecule has 3 N–H and O–H groups in total. The van der Waals surface area contributed by atoms with Gasteiger partial charge in [0.1, 0.15) is 0 Å². The molecule has 0 aliphatic carbocycles. The fraction of sp³-hybridized carbons (Fsp3) is 0.167. The van der Waals surface area contributed by atoms with Crippen molar-refractivity contribution in [3.05, 3.63) is 46.8 Å². The van der Waals surface area contributed by atoms with E-state index in [1.54, 1.807) is 6.20 Å². The lowest BCUT2D eigenvalue weighted by atomic mass is 10.2. The van der Waals surface area contributed by atoms with E-state index in [0.717, 1.165) is 5.69 Å². The summed E-state index contributed by atoms with van der Waals surface area (Å²) in [6, 6.07) is 5.66. The number of H-pyrrole nitrogens is 1. The SMILES string of the molecule is Nc1nc2nc[nH]c2c(=O)n1CCc1ccccn1. The molecule has 0 aliphatic rings. The Morgan fingerprint density at radius 1 is 1.32 bits per heavy atom. The van der Waals surface area contributed by atoms with Crippen molar-refractivity contribution < 1.29 is 0 Å². The van der Waals surface area contributed by atoms with E-state index in [0.29, 0.717) is 24.1 Å². The molecule has 0 aromatic carbocycles. The molecule has 0 saturated carbocycles. The molecule has 0 spiro atoms. The first-order chi connectivity index (χ1) is 9.25. The third kappa shape index (κ3) is 2.05. The first kappa shape index (κ1) is 11.4. The summed E-state index contributed by atoms with van der Waals surface area (Å²) in [6.45, 7) is 0.434. The Hall–Kier alpha value is -2.70. The third-order valence-electron chi connectivity index (χ3n) is 2.89. The van der Waals surface area contributed by atoms with Crippen molar-refractivity contribution in [2.75, 3.05) is 5.73 Å². The monoisotopic (exact) mass is 256 g/mol. The quantitative estimate of drug-likeness (QED) is 0.703. The van der Waals surface area contributed by atoms with E-state index in [2.05, 4.69) is 19.9 Å². The number of nitrogen functional groups attached to an aromatic ring is 1. The summed E-state index contributed by atoms with van der Waals surface area (Å²) in [6.07, 6.45) is 3.77. The molecule has 3 rings (SSSR count). The minimum absolute atomic E-state index is 0.167. The number of hydrogen-bond acceptors (Lipinski definition) is 5. The van der Waals surface area contributed by atoms with Crippen LogP contribution in [0.25, 0.3) is 11.2 Å². The van der Waals surface area contributed by atoms with Gasteiger partial charge in [-0.15, -0.1) is 0 Å². The van der Waals surface area contributed by atoms with Gasteiger partial charge in [0, 0.05) is 24.9 Å². The molecule has 0 saturated heterocycles. The summed E-state index contributed by atoms with van der Waals surface area (Å²) < 4.78 is 1.43. The average molecular weight is 256 g/mol. The second-order valence-electron chi connectivity index (χ2n) is 4.10. The van der Waals surface area contributed by atoms with Crippen LogP contribution in [0.4, 0.5) is 5.95 Å². The van der Waals surface area contributed by atoms with Crippen LogP contribution in [0.1, 0.15) is 5.69 Å².